The predicted molar refractivity (Wildman–Crippen MR) is 247 cm³/mol. The van der Waals surface area contributed by atoms with Gasteiger partial charge in [-0.25, -0.2) is 9.48 Å². The molecular weight excluding hydrogens is 869 g/mol. The van der Waals surface area contributed by atoms with Gasteiger partial charge < -0.3 is 29.1 Å². The Bertz CT molecular complexity index is 2430. The highest BCUT2D eigenvalue weighted by Gasteiger charge is 2.59. The molecular formula is C49H59FN5O8PS. The number of para-hydroxylation sites is 1. The maximum Gasteiger partial charge on any atom is 0.355 e. The second kappa shape index (κ2) is 18.9. The molecule has 5 heterocycles. The normalized spacial score (nSPS) is 25.9. The topological polar surface area (TPSA) is 147 Å². The molecule has 4 aromatic rings. The smallest absolute Gasteiger partial charge is 0.355 e. The maximum absolute atomic E-state index is 16.7. The second-order valence-electron chi connectivity index (χ2n) is 18.6. The third-order valence-corrected chi connectivity index (χ3v) is 17.5. The fourth-order valence-corrected chi connectivity index (χ4v) is 13.2. The van der Waals surface area contributed by atoms with Gasteiger partial charge in [-0.2, -0.15) is 0 Å². The van der Waals surface area contributed by atoms with Crippen molar-refractivity contribution in [1.29, 1.82) is 0 Å². The highest BCUT2D eigenvalue weighted by atomic mass is 32.1. The van der Waals surface area contributed by atoms with Crippen LogP contribution in [-0.4, -0.2) is 114 Å². The largest absolute Gasteiger partial charge is 0.465 e. The first-order chi connectivity index (χ1) is 31.4. The minimum Gasteiger partial charge on any atom is -0.465 e. The number of fused-ring (bicyclic) bond motifs is 2. The Morgan fingerprint density at radius 3 is 2.42 bits per heavy atom. The van der Waals surface area contributed by atoms with E-state index in [0.717, 1.165) is 25.7 Å². The number of hydrogen-bond acceptors (Lipinski definition) is 10. The SMILES string of the molecule is CCCOC(=O)[C@H](C)N[P@@](=O)(Oc1ccccc1)[C@H](F)c1ccc2sc(C(=O)N[C@H]3CC[C@H](N(C)C4COC4)C[C@H]4CC[C@@H](C(=O)N5C[C@H](c6ccccc6)CC56CC6)N4C3=O)cc2c1. The molecule has 346 valence electrons. The number of halogens is 1. The summed E-state index contributed by atoms with van der Waals surface area (Å²) in [5.41, 5.74) is 1.11. The van der Waals surface area contributed by atoms with Gasteiger partial charge in [-0.05, 0) is 119 Å². The van der Waals surface area contributed by atoms with E-state index in [9.17, 15) is 23.7 Å². The molecule has 65 heavy (non-hydrogen) atoms. The van der Waals surface area contributed by atoms with Gasteiger partial charge in [0.2, 0.25) is 17.7 Å². The second-order valence-corrected chi connectivity index (χ2v) is 21.8. The van der Waals surface area contributed by atoms with E-state index < -0.39 is 43.4 Å². The Labute approximate surface area is 383 Å². The highest BCUT2D eigenvalue weighted by molar-refractivity contribution is 7.57. The number of esters is 1. The van der Waals surface area contributed by atoms with Crippen LogP contribution in [-0.2, 0) is 28.4 Å². The lowest BCUT2D eigenvalue weighted by molar-refractivity contribution is -0.149. The van der Waals surface area contributed by atoms with E-state index in [2.05, 4.69) is 39.4 Å². The summed E-state index contributed by atoms with van der Waals surface area (Å²) in [4.78, 5) is 63.3. The van der Waals surface area contributed by atoms with Crippen LogP contribution in [0.5, 0.6) is 5.75 Å². The third-order valence-electron chi connectivity index (χ3n) is 14.2. The summed E-state index contributed by atoms with van der Waals surface area (Å²) >= 11 is 1.20. The van der Waals surface area contributed by atoms with Crippen LogP contribution in [0.25, 0.3) is 10.1 Å². The number of nitrogens with zero attached hydrogens (tertiary/aromatic N) is 3. The van der Waals surface area contributed by atoms with Gasteiger partial charge in [-0.15, -0.1) is 11.3 Å². The zero-order chi connectivity index (χ0) is 45.5. The number of ether oxygens (including phenoxy) is 2. The minimum atomic E-state index is -4.47. The Kier molecular flexibility index (Phi) is 13.2. The highest BCUT2D eigenvalue weighted by Crippen LogP contribution is 2.58. The van der Waals surface area contributed by atoms with E-state index >= 15 is 4.39 Å². The average Bonchev–Trinajstić information content (AvgIpc) is 3.56. The van der Waals surface area contributed by atoms with Crippen molar-refractivity contribution in [3.8, 4) is 5.75 Å². The van der Waals surface area contributed by atoms with Crippen molar-refractivity contribution in [3.05, 3.63) is 101 Å². The van der Waals surface area contributed by atoms with Crippen molar-refractivity contribution >= 4 is 52.6 Å². The van der Waals surface area contributed by atoms with Crippen LogP contribution < -0.4 is 14.9 Å². The molecule has 5 aliphatic rings. The molecule has 2 N–H and O–H groups in total. The minimum absolute atomic E-state index is 0.0194. The number of carbonyl (C=O) groups excluding carboxylic acids is 4. The molecule has 4 aliphatic heterocycles. The number of benzene rings is 3. The lowest BCUT2D eigenvalue weighted by atomic mass is 9.92. The number of hydrogen-bond donors (Lipinski definition) is 2. The molecule has 8 atom stereocenters. The molecule has 5 fully saturated rings. The summed E-state index contributed by atoms with van der Waals surface area (Å²) < 4.78 is 48.4. The number of thiophene rings is 1. The predicted octanol–water partition coefficient (Wildman–Crippen LogP) is 7.96. The lowest BCUT2D eigenvalue weighted by Gasteiger charge is -2.44. The van der Waals surface area contributed by atoms with Gasteiger partial charge in [0.05, 0.1) is 30.7 Å². The van der Waals surface area contributed by atoms with Crippen LogP contribution in [0.3, 0.4) is 0 Å². The zero-order valence-corrected chi connectivity index (χ0v) is 38.9. The Balaban J connectivity index is 0.949. The van der Waals surface area contributed by atoms with Crippen LogP contribution in [0.15, 0.2) is 84.9 Å². The molecule has 13 nitrogen and oxygen atoms in total. The van der Waals surface area contributed by atoms with Crippen molar-refractivity contribution in [2.24, 2.45) is 0 Å². The lowest BCUT2D eigenvalue weighted by Crippen LogP contribution is -2.60. The molecule has 4 saturated heterocycles. The van der Waals surface area contributed by atoms with Crippen molar-refractivity contribution in [1.82, 2.24) is 25.1 Å². The first kappa shape index (κ1) is 45.5. The molecule has 1 aromatic heterocycles. The number of likely N-dealkylation sites (N-methyl/N-ethyl adjacent to an activating group) is 1. The number of nitrogens with one attached hydrogen (secondary N) is 2. The molecule has 0 radical (unpaired) electrons. The van der Waals surface area contributed by atoms with Crippen LogP contribution in [0.4, 0.5) is 4.39 Å². The van der Waals surface area contributed by atoms with E-state index in [1.807, 2.05) is 30.0 Å². The van der Waals surface area contributed by atoms with Gasteiger partial charge in [-0.1, -0.05) is 61.5 Å². The van der Waals surface area contributed by atoms with Crippen LogP contribution >= 0.6 is 18.9 Å². The van der Waals surface area contributed by atoms with E-state index in [-0.39, 0.29) is 59.3 Å². The van der Waals surface area contributed by atoms with Crippen molar-refractivity contribution in [2.45, 2.75) is 125 Å². The Morgan fingerprint density at radius 1 is 0.985 bits per heavy atom. The van der Waals surface area contributed by atoms with Gasteiger partial charge in [0.25, 0.3) is 5.91 Å². The van der Waals surface area contributed by atoms with E-state index in [1.165, 1.54) is 36.0 Å². The van der Waals surface area contributed by atoms with Crippen molar-refractivity contribution in [2.75, 3.05) is 33.4 Å². The third kappa shape index (κ3) is 9.36. The van der Waals surface area contributed by atoms with E-state index in [1.54, 1.807) is 42.5 Å². The first-order valence-electron chi connectivity index (χ1n) is 23.1. The average molecular weight is 928 g/mol. The number of alkyl halides is 1. The van der Waals surface area contributed by atoms with E-state index in [4.69, 9.17) is 14.0 Å². The molecule has 1 spiro atoms. The monoisotopic (exact) mass is 927 g/mol. The van der Waals surface area contributed by atoms with Gasteiger partial charge in [0, 0.05) is 34.8 Å². The van der Waals surface area contributed by atoms with Crippen molar-refractivity contribution in [3.63, 3.8) is 0 Å². The van der Waals surface area contributed by atoms with Crippen LogP contribution in [0, 0.1) is 0 Å². The fraction of sp³-hybridized carbons (Fsp3) is 0.510. The van der Waals surface area contributed by atoms with Gasteiger partial charge >= 0.3 is 13.5 Å². The number of amides is 3. The van der Waals surface area contributed by atoms with Gasteiger partial charge in [0.15, 0.2) is 0 Å². The molecule has 16 heteroatoms. The standard InChI is InChI=1S/C49H59FN5O8PS/c1-4-23-62-48(59)31(2)52-64(60,63-39-13-9-6-10-14-39)44(50)33-15-20-42-34(24-33)25-43(65-42)45(56)51-40-18-16-36(53(3)38-29-61-30-38)26-37-17-19-41(55(37)46(40)57)47(58)54-28-35(27-49(54)21-22-49)32-11-7-5-8-12-32/h5-15,20,24-25,31,35-38,40-41,44H,4,16-19,21-23,26-30H2,1-3H3,(H,51,56)(H,52,60)/t31-,35+,36-,37+,40-,41-,44-,64-/m0/s1. The quantitative estimate of drug-likeness (QED) is 0.0890. The summed E-state index contributed by atoms with van der Waals surface area (Å²) in [6, 6.07) is 22.5. The molecule has 0 unspecified atom stereocenters. The fourth-order valence-electron chi connectivity index (χ4n) is 10.3. The molecule has 9 rings (SSSR count). The number of carbonyl (C=O) groups is 4. The molecule has 1 saturated carbocycles. The molecule has 3 aromatic carbocycles. The summed E-state index contributed by atoms with van der Waals surface area (Å²) in [5.74, 6) is -3.12. The summed E-state index contributed by atoms with van der Waals surface area (Å²) in [7, 11) is -2.35. The van der Waals surface area contributed by atoms with E-state index in [0.29, 0.717) is 66.8 Å². The Morgan fingerprint density at radius 2 is 1.72 bits per heavy atom. The van der Waals surface area contributed by atoms with Crippen LogP contribution in [0.1, 0.15) is 104 Å². The maximum atomic E-state index is 16.7. The number of likely N-dealkylation sites (tertiary alicyclic amines) is 1. The summed E-state index contributed by atoms with van der Waals surface area (Å²) in [6.45, 7) is 5.40. The number of rotatable bonds is 15. The Hall–Kier alpha value is -4.66. The summed E-state index contributed by atoms with van der Waals surface area (Å²) in [6.07, 6.45) is 6.57. The van der Waals surface area contributed by atoms with Crippen LogP contribution in [0.2, 0.25) is 0 Å². The van der Waals surface area contributed by atoms with Gasteiger partial charge in [-0.3, -0.25) is 28.6 Å². The molecule has 3 amide bonds. The summed E-state index contributed by atoms with van der Waals surface area (Å²) in [5, 5.41) is 6.23. The van der Waals surface area contributed by atoms with Crippen molar-refractivity contribution < 1.29 is 42.1 Å². The zero-order valence-electron chi connectivity index (χ0n) is 37.2. The molecule has 0 bridgehead atoms. The first-order valence-corrected chi connectivity index (χ1v) is 25.6. The molecule has 1 aliphatic carbocycles. The van der Waals surface area contributed by atoms with Gasteiger partial charge in [0.1, 0.15) is 23.9 Å².